The van der Waals surface area contributed by atoms with Crippen LogP contribution in [-0.4, -0.2) is 37.8 Å². The quantitative estimate of drug-likeness (QED) is 0.865. The summed E-state index contributed by atoms with van der Waals surface area (Å²) in [6.45, 7) is 0.557. The van der Waals surface area contributed by atoms with Crippen LogP contribution in [0.15, 0.2) is 30.3 Å². The summed E-state index contributed by atoms with van der Waals surface area (Å²) in [5, 5.41) is 16.2. The van der Waals surface area contributed by atoms with E-state index in [1.807, 2.05) is 30.3 Å². The van der Waals surface area contributed by atoms with Gasteiger partial charge in [-0.2, -0.15) is 5.10 Å². The Morgan fingerprint density at radius 1 is 1.37 bits per heavy atom. The molecule has 98 valence electrons. The molecule has 3 rings (SSSR count). The van der Waals surface area contributed by atoms with Gasteiger partial charge in [-0.05, 0) is 12.8 Å². The molecule has 1 aromatic heterocycles. The van der Waals surface area contributed by atoms with Crippen molar-refractivity contribution in [1.82, 2.24) is 20.1 Å². The van der Waals surface area contributed by atoms with Crippen LogP contribution in [0.4, 0.5) is 4.79 Å². The zero-order valence-corrected chi connectivity index (χ0v) is 10.3. The minimum absolute atomic E-state index is 0.206. The van der Waals surface area contributed by atoms with Gasteiger partial charge in [0.05, 0.1) is 6.04 Å². The molecule has 19 heavy (non-hydrogen) atoms. The van der Waals surface area contributed by atoms with E-state index in [1.54, 1.807) is 0 Å². The first-order valence-electron chi connectivity index (χ1n) is 6.23. The average Bonchev–Trinajstić information content (AvgIpc) is 3.08. The molecule has 2 aromatic rings. The average molecular weight is 258 g/mol. The van der Waals surface area contributed by atoms with E-state index in [-0.39, 0.29) is 6.04 Å². The number of nitrogens with one attached hydrogen (secondary N) is 1. The van der Waals surface area contributed by atoms with Crippen LogP contribution >= 0.6 is 0 Å². The molecule has 0 bridgehead atoms. The van der Waals surface area contributed by atoms with Crippen molar-refractivity contribution in [2.24, 2.45) is 0 Å². The number of nitrogens with zero attached hydrogens (tertiary/aromatic N) is 3. The molecular weight excluding hydrogens is 244 g/mol. The molecule has 2 heterocycles. The number of carbonyl (C=O) groups is 1. The molecule has 1 amide bonds. The lowest BCUT2D eigenvalue weighted by atomic mass is 10.2. The van der Waals surface area contributed by atoms with Crippen molar-refractivity contribution in [3.63, 3.8) is 0 Å². The fraction of sp³-hybridized carbons (Fsp3) is 0.308. The summed E-state index contributed by atoms with van der Waals surface area (Å²) in [5.41, 5.74) is 0.921. The summed E-state index contributed by atoms with van der Waals surface area (Å²) in [5.74, 6) is 1.23. The Labute approximate surface area is 110 Å². The maximum Gasteiger partial charge on any atom is 0.407 e. The minimum Gasteiger partial charge on any atom is -0.465 e. The SMILES string of the molecule is O=C(O)N1CCCC1c1nc(-c2ccccc2)n[nH]1. The number of carboxylic acid groups (broad SMARTS) is 1. The van der Waals surface area contributed by atoms with Crippen LogP contribution in [0.25, 0.3) is 11.4 Å². The second kappa shape index (κ2) is 4.72. The molecule has 0 aliphatic carbocycles. The van der Waals surface area contributed by atoms with Gasteiger partial charge in [0.25, 0.3) is 0 Å². The third-order valence-electron chi connectivity index (χ3n) is 3.35. The Morgan fingerprint density at radius 2 is 2.16 bits per heavy atom. The van der Waals surface area contributed by atoms with Gasteiger partial charge in [0.15, 0.2) is 5.82 Å². The van der Waals surface area contributed by atoms with Gasteiger partial charge >= 0.3 is 6.09 Å². The van der Waals surface area contributed by atoms with Gasteiger partial charge in [-0.3, -0.25) is 10.00 Å². The molecule has 1 fully saturated rings. The summed E-state index contributed by atoms with van der Waals surface area (Å²) in [6, 6.07) is 9.42. The lowest BCUT2D eigenvalue weighted by molar-refractivity contribution is 0.138. The molecule has 0 radical (unpaired) electrons. The summed E-state index contributed by atoms with van der Waals surface area (Å²) in [7, 11) is 0. The fourth-order valence-electron chi connectivity index (χ4n) is 2.42. The maximum atomic E-state index is 11.1. The van der Waals surface area contributed by atoms with Crippen molar-refractivity contribution in [3.05, 3.63) is 36.2 Å². The number of hydrogen-bond acceptors (Lipinski definition) is 3. The smallest absolute Gasteiger partial charge is 0.407 e. The predicted octanol–water partition coefficient (Wildman–Crippen LogP) is 2.29. The van der Waals surface area contributed by atoms with Gasteiger partial charge in [0.2, 0.25) is 0 Å². The number of hydrogen-bond donors (Lipinski definition) is 2. The maximum absolute atomic E-state index is 11.1. The van der Waals surface area contributed by atoms with Crippen molar-refractivity contribution >= 4 is 6.09 Å². The Balaban J connectivity index is 1.87. The van der Waals surface area contributed by atoms with Crippen LogP contribution in [0, 0.1) is 0 Å². The third-order valence-corrected chi connectivity index (χ3v) is 3.35. The van der Waals surface area contributed by atoms with Crippen molar-refractivity contribution < 1.29 is 9.90 Å². The van der Waals surface area contributed by atoms with Gasteiger partial charge in [-0.25, -0.2) is 9.78 Å². The number of rotatable bonds is 2. The highest BCUT2D eigenvalue weighted by Gasteiger charge is 2.32. The molecule has 1 aromatic carbocycles. The van der Waals surface area contributed by atoms with E-state index in [4.69, 9.17) is 5.11 Å². The molecule has 1 aliphatic rings. The Morgan fingerprint density at radius 3 is 2.89 bits per heavy atom. The lowest BCUT2D eigenvalue weighted by Crippen LogP contribution is -2.29. The molecule has 1 aliphatic heterocycles. The molecule has 6 nitrogen and oxygen atoms in total. The summed E-state index contributed by atoms with van der Waals surface area (Å²) in [4.78, 5) is 17.0. The zero-order valence-electron chi connectivity index (χ0n) is 10.3. The summed E-state index contributed by atoms with van der Waals surface area (Å²) < 4.78 is 0. The number of H-pyrrole nitrogens is 1. The van der Waals surface area contributed by atoms with Gasteiger partial charge in [-0.15, -0.1) is 0 Å². The zero-order chi connectivity index (χ0) is 13.2. The Hall–Kier alpha value is -2.37. The van der Waals surface area contributed by atoms with Crippen LogP contribution in [0.1, 0.15) is 24.7 Å². The molecule has 1 unspecified atom stereocenters. The number of aromatic amines is 1. The first-order chi connectivity index (χ1) is 9.25. The second-order valence-electron chi connectivity index (χ2n) is 4.54. The highest BCUT2D eigenvalue weighted by Crippen LogP contribution is 2.30. The standard InChI is InChI=1S/C13H14N4O2/c18-13(19)17-8-4-7-10(17)12-14-11(15-16-12)9-5-2-1-3-6-9/h1-3,5-6,10H,4,7-8H2,(H,18,19)(H,14,15,16). The summed E-state index contributed by atoms with van der Waals surface area (Å²) >= 11 is 0. The van der Waals surface area contributed by atoms with E-state index in [2.05, 4.69) is 15.2 Å². The van der Waals surface area contributed by atoms with E-state index >= 15 is 0 Å². The van der Waals surface area contributed by atoms with Crippen molar-refractivity contribution in [2.75, 3.05) is 6.54 Å². The van der Waals surface area contributed by atoms with E-state index in [1.165, 1.54) is 4.90 Å². The second-order valence-corrected chi connectivity index (χ2v) is 4.54. The van der Waals surface area contributed by atoms with Gasteiger partial charge in [0.1, 0.15) is 5.82 Å². The monoisotopic (exact) mass is 258 g/mol. The topological polar surface area (TPSA) is 82.1 Å². The van der Waals surface area contributed by atoms with Crippen LogP contribution in [0.2, 0.25) is 0 Å². The Kier molecular flexibility index (Phi) is 2.91. The fourth-order valence-corrected chi connectivity index (χ4v) is 2.42. The minimum atomic E-state index is -0.903. The van der Waals surface area contributed by atoms with Gasteiger partial charge in [-0.1, -0.05) is 30.3 Å². The van der Waals surface area contributed by atoms with Crippen molar-refractivity contribution in [1.29, 1.82) is 0 Å². The number of likely N-dealkylation sites (tertiary alicyclic amines) is 1. The first-order valence-corrected chi connectivity index (χ1v) is 6.23. The highest BCUT2D eigenvalue weighted by atomic mass is 16.4. The first kappa shape index (κ1) is 11.7. The van der Waals surface area contributed by atoms with Crippen LogP contribution in [0.5, 0.6) is 0 Å². The molecular formula is C13H14N4O2. The molecule has 1 atom stereocenters. The van der Waals surface area contributed by atoms with E-state index < -0.39 is 6.09 Å². The Bertz CT molecular complexity index is 581. The molecule has 0 saturated carbocycles. The number of aromatic nitrogens is 3. The third kappa shape index (κ3) is 2.16. The summed E-state index contributed by atoms with van der Waals surface area (Å²) in [6.07, 6.45) is 0.744. The predicted molar refractivity (Wildman–Crippen MR) is 68.5 cm³/mol. The van der Waals surface area contributed by atoms with Crippen LogP contribution in [0.3, 0.4) is 0 Å². The molecule has 1 saturated heterocycles. The lowest BCUT2D eigenvalue weighted by Gasteiger charge is -2.18. The van der Waals surface area contributed by atoms with Gasteiger partial charge in [0, 0.05) is 12.1 Å². The molecule has 6 heteroatoms. The number of benzene rings is 1. The normalized spacial score (nSPS) is 18.7. The highest BCUT2D eigenvalue weighted by molar-refractivity contribution is 5.66. The van der Waals surface area contributed by atoms with E-state index in [0.717, 1.165) is 18.4 Å². The number of amides is 1. The van der Waals surface area contributed by atoms with E-state index in [9.17, 15) is 4.79 Å². The largest absolute Gasteiger partial charge is 0.465 e. The van der Waals surface area contributed by atoms with Crippen LogP contribution < -0.4 is 0 Å². The molecule has 0 spiro atoms. The van der Waals surface area contributed by atoms with E-state index in [0.29, 0.717) is 18.2 Å². The van der Waals surface area contributed by atoms with Crippen LogP contribution in [-0.2, 0) is 0 Å². The van der Waals surface area contributed by atoms with Crippen molar-refractivity contribution in [2.45, 2.75) is 18.9 Å². The molecule has 2 N–H and O–H groups in total. The van der Waals surface area contributed by atoms with Gasteiger partial charge < -0.3 is 5.11 Å². The van der Waals surface area contributed by atoms with Crippen molar-refractivity contribution in [3.8, 4) is 11.4 Å².